The first-order valence-electron chi connectivity index (χ1n) is 5.35. The van der Waals surface area contributed by atoms with Crippen LogP contribution in [0.3, 0.4) is 0 Å². The van der Waals surface area contributed by atoms with Gasteiger partial charge in [-0.2, -0.15) is 0 Å². The van der Waals surface area contributed by atoms with Gasteiger partial charge >= 0.3 is 0 Å². The van der Waals surface area contributed by atoms with Crippen LogP contribution in [0.25, 0.3) is 0 Å². The maximum atomic E-state index is 4.50. The molecule has 3 heteroatoms. The molecule has 0 aliphatic carbocycles. The van der Waals surface area contributed by atoms with E-state index in [1.807, 2.05) is 6.20 Å². The van der Waals surface area contributed by atoms with Gasteiger partial charge in [-0.05, 0) is 46.3 Å². The molecule has 0 unspecified atom stereocenters. The molecule has 1 saturated heterocycles. The first-order valence-corrected chi connectivity index (χ1v) is 6.14. The molecule has 0 spiro atoms. The Balaban J connectivity index is 2.24. The maximum absolute atomic E-state index is 4.50. The van der Waals surface area contributed by atoms with Gasteiger partial charge in [0.2, 0.25) is 0 Å². The van der Waals surface area contributed by atoms with Crippen molar-refractivity contribution in [2.45, 2.75) is 27.2 Å². The lowest BCUT2D eigenvalue weighted by molar-refractivity contribution is 0.418. The van der Waals surface area contributed by atoms with Gasteiger partial charge in [0.05, 0.1) is 0 Å². The third-order valence-electron chi connectivity index (χ3n) is 2.99. The van der Waals surface area contributed by atoms with E-state index >= 15 is 0 Å². The standard InChI is InChI=1S/C12H17BrN2/c1-9-6-10(13)7-14-11(9)15-5-4-12(2,3)8-15/h6-7H,4-5,8H2,1-3H3. The van der Waals surface area contributed by atoms with E-state index in [1.165, 1.54) is 12.0 Å². The molecule has 1 aromatic rings. The molecule has 1 aliphatic rings. The molecular weight excluding hydrogens is 252 g/mol. The third kappa shape index (κ3) is 2.33. The number of hydrogen-bond acceptors (Lipinski definition) is 2. The van der Waals surface area contributed by atoms with E-state index in [2.05, 4.69) is 52.7 Å². The molecule has 0 aromatic carbocycles. The summed E-state index contributed by atoms with van der Waals surface area (Å²) >= 11 is 3.45. The summed E-state index contributed by atoms with van der Waals surface area (Å²) in [5, 5.41) is 0. The molecule has 1 fully saturated rings. The molecule has 15 heavy (non-hydrogen) atoms. The Hall–Kier alpha value is -0.570. The van der Waals surface area contributed by atoms with Crippen LogP contribution >= 0.6 is 15.9 Å². The van der Waals surface area contributed by atoms with Crippen molar-refractivity contribution in [3.8, 4) is 0 Å². The van der Waals surface area contributed by atoms with E-state index in [4.69, 9.17) is 0 Å². The number of pyridine rings is 1. The van der Waals surface area contributed by atoms with E-state index in [1.54, 1.807) is 0 Å². The normalized spacial score (nSPS) is 19.6. The van der Waals surface area contributed by atoms with E-state index in [0.717, 1.165) is 23.4 Å². The molecule has 0 N–H and O–H groups in total. The molecule has 2 rings (SSSR count). The molecule has 82 valence electrons. The van der Waals surface area contributed by atoms with Gasteiger partial charge in [-0.3, -0.25) is 0 Å². The zero-order valence-corrected chi connectivity index (χ0v) is 11.1. The van der Waals surface area contributed by atoms with E-state index in [0.29, 0.717) is 5.41 Å². The minimum absolute atomic E-state index is 0.432. The fourth-order valence-corrected chi connectivity index (χ4v) is 2.60. The molecule has 0 saturated carbocycles. The van der Waals surface area contributed by atoms with Gasteiger partial charge in [-0.15, -0.1) is 0 Å². The predicted octanol–water partition coefficient (Wildman–Crippen LogP) is 3.39. The van der Waals surface area contributed by atoms with E-state index < -0.39 is 0 Å². The third-order valence-corrected chi connectivity index (χ3v) is 3.43. The predicted molar refractivity (Wildman–Crippen MR) is 67.3 cm³/mol. The molecule has 0 amide bonds. The number of aryl methyl sites for hydroxylation is 1. The Kier molecular flexibility index (Phi) is 2.75. The maximum Gasteiger partial charge on any atom is 0.131 e. The van der Waals surface area contributed by atoms with Gasteiger partial charge in [-0.1, -0.05) is 13.8 Å². The van der Waals surface area contributed by atoms with Crippen molar-refractivity contribution >= 4 is 21.7 Å². The smallest absolute Gasteiger partial charge is 0.131 e. The van der Waals surface area contributed by atoms with Crippen molar-refractivity contribution in [3.63, 3.8) is 0 Å². The molecule has 2 heterocycles. The fraction of sp³-hybridized carbons (Fsp3) is 0.583. The van der Waals surface area contributed by atoms with Crippen molar-refractivity contribution in [2.75, 3.05) is 18.0 Å². The first-order chi connectivity index (χ1) is 6.98. The summed E-state index contributed by atoms with van der Waals surface area (Å²) in [6, 6.07) is 2.13. The lowest BCUT2D eigenvalue weighted by Gasteiger charge is -2.22. The summed E-state index contributed by atoms with van der Waals surface area (Å²) in [5.41, 5.74) is 1.68. The number of rotatable bonds is 1. The number of anilines is 1. The second kappa shape index (κ2) is 3.78. The summed E-state index contributed by atoms with van der Waals surface area (Å²) in [6.07, 6.45) is 3.14. The van der Waals surface area contributed by atoms with Crippen LogP contribution in [0.15, 0.2) is 16.7 Å². The highest BCUT2D eigenvalue weighted by atomic mass is 79.9. The molecule has 1 aliphatic heterocycles. The highest BCUT2D eigenvalue weighted by Gasteiger charge is 2.30. The Morgan fingerprint density at radius 1 is 1.47 bits per heavy atom. The molecule has 0 radical (unpaired) electrons. The summed E-state index contributed by atoms with van der Waals surface area (Å²) in [5.74, 6) is 1.14. The SMILES string of the molecule is Cc1cc(Br)cnc1N1CCC(C)(C)C1. The van der Waals surface area contributed by atoms with Gasteiger partial charge < -0.3 is 4.90 Å². The molecule has 0 bridgehead atoms. The Bertz CT molecular complexity index is 374. The van der Waals surface area contributed by atoms with Crippen LogP contribution in [0.2, 0.25) is 0 Å². The van der Waals surface area contributed by atoms with Crippen LogP contribution in [-0.2, 0) is 0 Å². The van der Waals surface area contributed by atoms with Crippen LogP contribution in [0.1, 0.15) is 25.8 Å². The Labute approximate surface area is 99.8 Å². The van der Waals surface area contributed by atoms with Crippen molar-refractivity contribution in [3.05, 3.63) is 22.3 Å². The lowest BCUT2D eigenvalue weighted by atomic mass is 9.93. The van der Waals surface area contributed by atoms with Gasteiger partial charge in [0.1, 0.15) is 5.82 Å². The summed E-state index contributed by atoms with van der Waals surface area (Å²) in [7, 11) is 0. The summed E-state index contributed by atoms with van der Waals surface area (Å²) in [4.78, 5) is 6.90. The van der Waals surface area contributed by atoms with Crippen LogP contribution < -0.4 is 4.90 Å². The van der Waals surface area contributed by atoms with Crippen molar-refractivity contribution in [1.82, 2.24) is 4.98 Å². The number of halogens is 1. The van der Waals surface area contributed by atoms with Crippen LogP contribution in [0, 0.1) is 12.3 Å². The minimum Gasteiger partial charge on any atom is -0.356 e. The molecular formula is C12H17BrN2. The average Bonchev–Trinajstić information content (AvgIpc) is 2.46. The summed E-state index contributed by atoms with van der Waals surface area (Å²) < 4.78 is 1.06. The fourth-order valence-electron chi connectivity index (χ4n) is 2.16. The highest BCUT2D eigenvalue weighted by molar-refractivity contribution is 9.10. The van der Waals surface area contributed by atoms with Crippen LogP contribution in [0.4, 0.5) is 5.82 Å². The van der Waals surface area contributed by atoms with Gasteiger partial charge in [0.15, 0.2) is 0 Å². The van der Waals surface area contributed by atoms with Crippen molar-refractivity contribution < 1.29 is 0 Å². The number of hydrogen-bond donors (Lipinski definition) is 0. The Morgan fingerprint density at radius 3 is 2.73 bits per heavy atom. The largest absolute Gasteiger partial charge is 0.356 e. The van der Waals surface area contributed by atoms with Crippen molar-refractivity contribution in [1.29, 1.82) is 0 Å². The topological polar surface area (TPSA) is 16.1 Å². The molecule has 0 atom stereocenters. The lowest BCUT2D eigenvalue weighted by Crippen LogP contribution is -2.24. The van der Waals surface area contributed by atoms with Gasteiger partial charge in [0.25, 0.3) is 0 Å². The quantitative estimate of drug-likeness (QED) is 0.776. The van der Waals surface area contributed by atoms with Gasteiger partial charge in [-0.25, -0.2) is 4.98 Å². The second-order valence-electron chi connectivity index (χ2n) is 5.13. The zero-order chi connectivity index (χ0) is 11.1. The van der Waals surface area contributed by atoms with Crippen molar-refractivity contribution in [2.24, 2.45) is 5.41 Å². The molecule has 2 nitrogen and oxygen atoms in total. The van der Waals surface area contributed by atoms with E-state index in [-0.39, 0.29) is 0 Å². The number of aromatic nitrogens is 1. The van der Waals surface area contributed by atoms with Gasteiger partial charge in [0, 0.05) is 23.8 Å². The molecule has 1 aromatic heterocycles. The Morgan fingerprint density at radius 2 is 2.20 bits per heavy atom. The second-order valence-corrected chi connectivity index (χ2v) is 6.05. The summed E-state index contributed by atoms with van der Waals surface area (Å²) in [6.45, 7) is 9.01. The highest BCUT2D eigenvalue weighted by Crippen LogP contribution is 2.33. The number of nitrogens with zero attached hydrogens (tertiary/aromatic N) is 2. The van der Waals surface area contributed by atoms with Crippen LogP contribution in [0.5, 0.6) is 0 Å². The van der Waals surface area contributed by atoms with E-state index in [9.17, 15) is 0 Å². The average molecular weight is 269 g/mol. The van der Waals surface area contributed by atoms with Crippen LogP contribution in [-0.4, -0.2) is 18.1 Å². The monoisotopic (exact) mass is 268 g/mol. The minimum atomic E-state index is 0.432. The zero-order valence-electron chi connectivity index (χ0n) is 9.55. The first kappa shape index (κ1) is 10.9.